The lowest BCUT2D eigenvalue weighted by Crippen LogP contribution is -2.46. The van der Waals surface area contributed by atoms with Crippen molar-refractivity contribution in [3.05, 3.63) is 53.6 Å². The van der Waals surface area contributed by atoms with Gasteiger partial charge in [-0.1, -0.05) is 12.1 Å². The first-order valence-corrected chi connectivity index (χ1v) is 8.20. The molecule has 0 unspecified atom stereocenters. The molecular weight excluding hydrogens is 336 g/mol. The zero-order chi connectivity index (χ0) is 18.2. The zero-order valence-electron chi connectivity index (χ0n) is 14.5. The number of methoxy groups -OCH3 is 1. The fourth-order valence-electron chi connectivity index (χ4n) is 2.10. The predicted molar refractivity (Wildman–Crippen MR) is 105 cm³/mol. The highest BCUT2D eigenvalue weighted by Gasteiger charge is 2.05. The van der Waals surface area contributed by atoms with Gasteiger partial charge < -0.3 is 15.4 Å². The van der Waals surface area contributed by atoms with Crippen molar-refractivity contribution in [3.63, 3.8) is 0 Å². The third kappa shape index (κ3) is 5.65. The van der Waals surface area contributed by atoms with Crippen LogP contribution in [0.25, 0.3) is 0 Å². The van der Waals surface area contributed by atoms with Crippen molar-refractivity contribution in [2.75, 3.05) is 24.3 Å². The number of nitrogens with one attached hydrogen (secondary N) is 4. The van der Waals surface area contributed by atoms with E-state index in [0.29, 0.717) is 5.11 Å². The van der Waals surface area contributed by atoms with Crippen LogP contribution in [0.3, 0.4) is 0 Å². The minimum atomic E-state index is -0.235. The molecule has 0 fully saturated rings. The second-order valence-corrected chi connectivity index (χ2v) is 5.87. The van der Waals surface area contributed by atoms with Gasteiger partial charge in [0.2, 0.25) is 0 Å². The van der Waals surface area contributed by atoms with Crippen LogP contribution >= 0.6 is 12.2 Å². The van der Waals surface area contributed by atoms with E-state index in [1.165, 1.54) is 5.56 Å². The lowest BCUT2D eigenvalue weighted by molar-refractivity contribution is -0.119. The van der Waals surface area contributed by atoms with E-state index in [4.69, 9.17) is 17.0 Å². The van der Waals surface area contributed by atoms with E-state index in [1.54, 1.807) is 7.11 Å². The van der Waals surface area contributed by atoms with Crippen molar-refractivity contribution in [2.45, 2.75) is 13.8 Å². The van der Waals surface area contributed by atoms with Crippen molar-refractivity contribution in [2.24, 2.45) is 0 Å². The van der Waals surface area contributed by atoms with Gasteiger partial charge in [0.1, 0.15) is 5.75 Å². The molecule has 7 heteroatoms. The maximum absolute atomic E-state index is 11.9. The topological polar surface area (TPSA) is 74.4 Å². The first kappa shape index (κ1) is 18.5. The summed E-state index contributed by atoms with van der Waals surface area (Å²) in [4.78, 5) is 11.9. The van der Waals surface area contributed by atoms with Gasteiger partial charge in [-0.05, 0) is 67.5 Å². The van der Waals surface area contributed by atoms with Crippen molar-refractivity contribution < 1.29 is 9.53 Å². The number of benzene rings is 2. The Bertz CT molecular complexity index is 747. The Morgan fingerprint density at radius 3 is 2.48 bits per heavy atom. The highest BCUT2D eigenvalue weighted by atomic mass is 32.1. The van der Waals surface area contributed by atoms with E-state index in [0.717, 1.165) is 22.7 Å². The van der Waals surface area contributed by atoms with Crippen LogP contribution in [-0.2, 0) is 4.79 Å². The molecule has 0 radical (unpaired) electrons. The molecule has 2 aromatic carbocycles. The summed E-state index contributed by atoms with van der Waals surface area (Å²) in [6.45, 7) is 4.16. The molecule has 0 aliphatic rings. The van der Waals surface area contributed by atoms with Crippen LogP contribution in [0.2, 0.25) is 0 Å². The number of amides is 1. The lowest BCUT2D eigenvalue weighted by Gasteiger charge is -2.14. The molecule has 0 saturated carbocycles. The Balaban J connectivity index is 1.75. The molecule has 6 nitrogen and oxygen atoms in total. The average molecular weight is 358 g/mol. The Labute approximate surface area is 152 Å². The number of carbonyl (C=O) groups is 1. The summed E-state index contributed by atoms with van der Waals surface area (Å²) < 4.78 is 5.09. The zero-order valence-corrected chi connectivity index (χ0v) is 15.3. The van der Waals surface area contributed by atoms with Crippen molar-refractivity contribution in [1.29, 1.82) is 0 Å². The van der Waals surface area contributed by atoms with Gasteiger partial charge >= 0.3 is 0 Å². The van der Waals surface area contributed by atoms with Gasteiger partial charge in [0.05, 0.1) is 13.7 Å². The first-order valence-electron chi connectivity index (χ1n) is 7.79. The van der Waals surface area contributed by atoms with Gasteiger partial charge in [0.25, 0.3) is 5.91 Å². The second kappa shape index (κ2) is 8.89. The molecule has 25 heavy (non-hydrogen) atoms. The fraction of sp³-hybridized carbons (Fsp3) is 0.222. The largest absolute Gasteiger partial charge is 0.497 e. The van der Waals surface area contributed by atoms with E-state index < -0.39 is 0 Å². The molecule has 0 saturated heterocycles. The van der Waals surface area contributed by atoms with Gasteiger partial charge in [-0.15, -0.1) is 0 Å². The third-order valence-corrected chi connectivity index (χ3v) is 3.92. The van der Waals surface area contributed by atoms with E-state index in [1.807, 2.05) is 56.3 Å². The van der Waals surface area contributed by atoms with E-state index in [-0.39, 0.29) is 12.5 Å². The van der Waals surface area contributed by atoms with Crippen molar-refractivity contribution in [1.82, 2.24) is 10.9 Å². The molecule has 0 spiro atoms. The second-order valence-electron chi connectivity index (χ2n) is 5.46. The molecule has 0 aromatic heterocycles. The van der Waals surface area contributed by atoms with E-state index >= 15 is 0 Å². The average Bonchev–Trinajstić information content (AvgIpc) is 2.62. The van der Waals surface area contributed by atoms with Crippen LogP contribution < -0.4 is 26.2 Å². The number of hydrazine groups is 1. The smallest absolute Gasteiger partial charge is 0.257 e. The number of thiocarbonyl (C=S) groups is 1. The minimum Gasteiger partial charge on any atom is -0.497 e. The highest BCUT2D eigenvalue weighted by molar-refractivity contribution is 7.80. The van der Waals surface area contributed by atoms with Crippen LogP contribution in [0.5, 0.6) is 5.75 Å². The molecule has 4 N–H and O–H groups in total. The van der Waals surface area contributed by atoms with Crippen molar-refractivity contribution >= 4 is 34.6 Å². The van der Waals surface area contributed by atoms with Crippen LogP contribution in [0.1, 0.15) is 11.1 Å². The van der Waals surface area contributed by atoms with Gasteiger partial charge in [0, 0.05) is 11.4 Å². The third-order valence-electron chi connectivity index (χ3n) is 3.71. The first-order chi connectivity index (χ1) is 12.0. The Hall–Kier alpha value is -2.80. The molecule has 0 aliphatic heterocycles. The van der Waals surface area contributed by atoms with Gasteiger partial charge in [0.15, 0.2) is 5.11 Å². The quantitative estimate of drug-likeness (QED) is 0.487. The number of aryl methyl sites for hydroxylation is 1. The van der Waals surface area contributed by atoms with Crippen LogP contribution in [0.15, 0.2) is 42.5 Å². The molecule has 0 bridgehead atoms. The summed E-state index contributed by atoms with van der Waals surface area (Å²) in [7, 11) is 1.61. The standard InChI is InChI=1S/C18H22N4O2S/c1-12-5-4-6-16(13(12)2)20-18(25)22-21-17(23)11-19-14-7-9-15(24-3)10-8-14/h4-10,19H,11H2,1-3H3,(H,21,23)(H2,20,22,25). The molecule has 1 amide bonds. The van der Waals surface area contributed by atoms with Crippen LogP contribution in [-0.4, -0.2) is 24.7 Å². The molecule has 0 aliphatic carbocycles. The number of anilines is 2. The summed E-state index contributed by atoms with van der Waals surface area (Å²) in [6, 6.07) is 13.2. The molecule has 2 rings (SSSR count). The minimum absolute atomic E-state index is 0.116. The number of carbonyl (C=O) groups excluding carboxylic acids is 1. The summed E-state index contributed by atoms with van der Waals surface area (Å²) >= 11 is 5.19. The summed E-state index contributed by atoms with van der Waals surface area (Å²) in [5.41, 5.74) is 9.25. The highest BCUT2D eigenvalue weighted by Crippen LogP contribution is 2.17. The molecule has 132 valence electrons. The molecule has 0 atom stereocenters. The molecule has 0 heterocycles. The number of ether oxygens (including phenoxy) is 1. The Morgan fingerprint density at radius 2 is 1.80 bits per heavy atom. The van der Waals surface area contributed by atoms with Gasteiger partial charge in [-0.25, -0.2) is 0 Å². The lowest BCUT2D eigenvalue weighted by atomic mass is 10.1. The number of hydrogen-bond donors (Lipinski definition) is 4. The predicted octanol–water partition coefficient (Wildman–Crippen LogP) is 2.74. The Kier molecular flexibility index (Phi) is 6.59. The normalized spacial score (nSPS) is 9.88. The monoisotopic (exact) mass is 358 g/mol. The van der Waals surface area contributed by atoms with Gasteiger partial charge in [-0.3, -0.25) is 15.6 Å². The number of hydrogen-bond acceptors (Lipinski definition) is 4. The van der Waals surface area contributed by atoms with E-state index in [2.05, 4.69) is 21.5 Å². The summed E-state index contributed by atoms with van der Waals surface area (Å²) in [5.74, 6) is 0.528. The van der Waals surface area contributed by atoms with Crippen molar-refractivity contribution in [3.8, 4) is 5.75 Å². The SMILES string of the molecule is COc1ccc(NCC(=O)NNC(=S)Nc2cccc(C)c2C)cc1. The van der Waals surface area contributed by atoms with E-state index in [9.17, 15) is 4.79 Å². The molecule has 2 aromatic rings. The Morgan fingerprint density at radius 1 is 1.08 bits per heavy atom. The number of rotatable bonds is 5. The maximum atomic E-state index is 11.9. The summed E-state index contributed by atoms with van der Waals surface area (Å²) in [5, 5.41) is 6.40. The molecular formula is C18H22N4O2S. The van der Waals surface area contributed by atoms with Crippen LogP contribution in [0, 0.1) is 13.8 Å². The van der Waals surface area contributed by atoms with Crippen LogP contribution in [0.4, 0.5) is 11.4 Å². The maximum Gasteiger partial charge on any atom is 0.257 e. The summed E-state index contributed by atoms with van der Waals surface area (Å²) in [6.07, 6.45) is 0. The van der Waals surface area contributed by atoms with Gasteiger partial charge in [-0.2, -0.15) is 0 Å². The fourth-order valence-corrected chi connectivity index (χ4v) is 2.26.